The third-order valence-corrected chi connectivity index (χ3v) is 3.55. The van der Waals surface area contributed by atoms with Gasteiger partial charge in [0.15, 0.2) is 18.3 Å². The third kappa shape index (κ3) is 3.75. The van der Waals surface area contributed by atoms with Gasteiger partial charge in [-0.1, -0.05) is 23.4 Å². The van der Waals surface area contributed by atoms with Crippen LogP contribution in [0, 0.1) is 5.82 Å². The Kier molecular flexibility index (Phi) is 5.02. The number of halogens is 1. The highest BCUT2D eigenvalue weighted by Crippen LogP contribution is 2.18. The van der Waals surface area contributed by atoms with E-state index in [-0.39, 0.29) is 12.5 Å². The zero-order chi connectivity index (χ0) is 18.5. The fraction of sp³-hybridized carbons (Fsp3) is 0.111. The van der Waals surface area contributed by atoms with E-state index in [2.05, 4.69) is 10.3 Å². The smallest absolute Gasteiger partial charge is 0.332 e. The van der Waals surface area contributed by atoms with Crippen LogP contribution in [0.5, 0.6) is 5.75 Å². The molecule has 0 saturated heterocycles. The monoisotopic (exact) mass is 355 g/mol. The van der Waals surface area contributed by atoms with E-state index in [9.17, 15) is 14.0 Å². The van der Waals surface area contributed by atoms with Crippen molar-refractivity contribution in [3.63, 3.8) is 0 Å². The molecule has 2 aromatic carbocycles. The summed E-state index contributed by atoms with van der Waals surface area (Å²) in [5.41, 5.74) is 0.508. The van der Waals surface area contributed by atoms with Crippen molar-refractivity contribution in [1.29, 1.82) is 0 Å². The summed E-state index contributed by atoms with van der Waals surface area (Å²) in [6, 6.07) is 11.0. The Bertz CT molecular complexity index is 1050. The van der Waals surface area contributed by atoms with Crippen molar-refractivity contribution < 1.29 is 18.7 Å². The Labute approximate surface area is 147 Å². The molecule has 0 radical (unpaired) electrons. The molecule has 3 aromatic rings. The summed E-state index contributed by atoms with van der Waals surface area (Å²) in [6.07, 6.45) is 2.51. The molecule has 26 heavy (non-hydrogen) atoms. The molecule has 0 aliphatic rings. The van der Waals surface area contributed by atoms with Crippen LogP contribution in [0.4, 0.5) is 4.39 Å². The molecule has 0 saturated carbocycles. The molecule has 3 rings (SSSR count). The van der Waals surface area contributed by atoms with Gasteiger partial charge in [-0.15, -0.1) is 5.10 Å². The molecule has 0 atom stereocenters. The van der Waals surface area contributed by atoms with Crippen LogP contribution in [0.3, 0.4) is 0 Å². The van der Waals surface area contributed by atoms with Crippen molar-refractivity contribution in [2.24, 2.45) is 0 Å². The molecular formula is C18H14FN3O4. The number of esters is 1. The van der Waals surface area contributed by atoms with Gasteiger partial charge in [0.1, 0.15) is 5.52 Å². The first-order valence-electron chi connectivity index (χ1n) is 7.59. The Balaban J connectivity index is 1.66. The Hall–Kier alpha value is -3.55. The van der Waals surface area contributed by atoms with E-state index in [0.29, 0.717) is 16.5 Å². The van der Waals surface area contributed by atoms with Crippen LogP contribution >= 0.6 is 0 Å². The molecular weight excluding hydrogens is 341 g/mol. The highest BCUT2D eigenvalue weighted by Gasteiger charge is 2.07. The SMILES string of the molecule is COc1ccc(/C=C/C(=O)OCn2nnc3ccccc3c2=O)cc1F. The minimum absolute atomic E-state index is 0.110. The molecule has 0 unspecified atom stereocenters. The van der Waals surface area contributed by atoms with Crippen LogP contribution in [0.15, 0.2) is 53.3 Å². The minimum Gasteiger partial charge on any atom is -0.494 e. The zero-order valence-corrected chi connectivity index (χ0v) is 13.8. The molecule has 1 heterocycles. The van der Waals surface area contributed by atoms with Crippen molar-refractivity contribution in [3.8, 4) is 5.75 Å². The van der Waals surface area contributed by atoms with Gasteiger partial charge in [-0.25, -0.2) is 9.18 Å². The molecule has 0 bridgehead atoms. The quantitative estimate of drug-likeness (QED) is 0.515. The summed E-state index contributed by atoms with van der Waals surface area (Å²) < 4.78 is 24.3. The fourth-order valence-corrected chi connectivity index (χ4v) is 2.23. The van der Waals surface area contributed by atoms with Gasteiger partial charge in [0.2, 0.25) is 0 Å². The van der Waals surface area contributed by atoms with Gasteiger partial charge in [-0.3, -0.25) is 4.79 Å². The Morgan fingerprint density at radius 2 is 2.08 bits per heavy atom. The van der Waals surface area contributed by atoms with Crippen LogP contribution in [0.1, 0.15) is 5.56 Å². The molecule has 0 fully saturated rings. The Morgan fingerprint density at radius 3 is 2.85 bits per heavy atom. The molecule has 0 spiro atoms. The largest absolute Gasteiger partial charge is 0.494 e. The van der Waals surface area contributed by atoms with Gasteiger partial charge < -0.3 is 9.47 Å². The normalized spacial score (nSPS) is 11.0. The number of nitrogens with zero attached hydrogens (tertiary/aromatic N) is 3. The van der Waals surface area contributed by atoms with Crippen molar-refractivity contribution in [2.75, 3.05) is 7.11 Å². The number of carbonyl (C=O) groups excluding carboxylic acids is 1. The topological polar surface area (TPSA) is 83.3 Å². The first kappa shape index (κ1) is 17.3. The van der Waals surface area contributed by atoms with Crippen LogP contribution in [-0.4, -0.2) is 28.1 Å². The van der Waals surface area contributed by atoms with E-state index < -0.39 is 17.3 Å². The molecule has 132 valence electrons. The number of benzene rings is 2. The van der Waals surface area contributed by atoms with Gasteiger partial charge in [0, 0.05) is 6.08 Å². The molecule has 0 amide bonds. The summed E-state index contributed by atoms with van der Waals surface area (Å²) in [6.45, 7) is -0.378. The van der Waals surface area contributed by atoms with Crippen molar-refractivity contribution >= 4 is 22.9 Å². The van der Waals surface area contributed by atoms with Crippen LogP contribution in [0.25, 0.3) is 17.0 Å². The second-order valence-electron chi connectivity index (χ2n) is 5.23. The third-order valence-electron chi connectivity index (χ3n) is 3.55. The predicted octanol–water partition coefficient (Wildman–Crippen LogP) is 2.15. The first-order chi connectivity index (χ1) is 12.6. The molecule has 0 aliphatic heterocycles. The summed E-state index contributed by atoms with van der Waals surface area (Å²) in [4.78, 5) is 24.0. The standard InChI is InChI=1S/C18H14FN3O4/c1-25-16-8-6-12(10-14(16)19)7-9-17(23)26-11-22-18(24)13-4-2-3-5-15(13)20-21-22/h2-10H,11H2,1H3/b9-7+. The maximum Gasteiger partial charge on any atom is 0.332 e. The molecule has 1 aromatic heterocycles. The number of hydrogen-bond donors (Lipinski definition) is 0. The molecule has 0 N–H and O–H groups in total. The number of fused-ring (bicyclic) bond motifs is 1. The lowest BCUT2D eigenvalue weighted by Gasteiger charge is -2.05. The molecule has 8 heteroatoms. The van der Waals surface area contributed by atoms with E-state index >= 15 is 0 Å². The summed E-state index contributed by atoms with van der Waals surface area (Å²) in [5, 5.41) is 7.98. The van der Waals surface area contributed by atoms with E-state index in [1.54, 1.807) is 30.3 Å². The van der Waals surface area contributed by atoms with Gasteiger partial charge >= 0.3 is 5.97 Å². The highest BCUT2D eigenvalue weighted by atomic mass is 19.1. The maximum absolute atomic E-state index is 13.6. The number of hydrogen-bond acceptors (Lipinski definition) is 6. The summed E-state index contributed by atoms with van der Waals surface area (Å²) in [7, 11) is 1.36. The number of rotatable bonds is 5. The predicted molar refractivity (Wildman–Crippen MR) is 91.9 cm³/mol. The average molecular weight is 355 g/mol. The van der Waals surface area contributed by atoms with E-state index in [1.807, 2.05) is 0 Å². The first-order valence-corrected chi connectivity index (χ1v) is 7.59. The number of ether oxygens (including phenoxy) is 2. The van der Waals surface area contributed by atoms with Gasteiger partial charge in [0.05, 0.1) is 12.5 Å². The van der Waals surface area contributed by atoms with Gasteiger partial charge in [-0.2, -0.15) is 4.68 Å². The number of carbonyl (C=O) groups is 1. The minimum atomic E-state index is -0.705. The van der Waals surface area contributed by atoms with Crippen molar-refractivity contribution in [1.82, 2.24) is 15.0 Å². The number of aromatic nitrogens is 3. The Morgan fingerprint density at radius 1 is 1.27 bits per heavy atom. The zero-order valence-electron chi connectivity index (χ0n) is 13.8. The molecule has 0 aliphatic carbocycles. The lowest BCUT2D eigenvalue weighted by molar-refractivity contribution is -0.141. The van der Waals surface area contributed by atoms with Crippen LogP contribution in [0.2, 0.25) is 0 Å². The van der Waals surface area contributed by atoms with Crippen molar-refractivity contribution in [3.05, 3.63) is 70.3 Å². The van der Waals surface area contributed by atoms with Crippen LogP contribution < -0.4 is 10.3 Å². The van der Waals surface area contributed by atoms with E-state index in [4.69, 9.17) is 9.47 Å². The maximum atomic E-state index is 13.6. The lowest BCUT2D eigenvalue weighted by atomic mass is 10.2. The van der Waals surface area contributed by atoms with Gasteiger partial charge in [0.25, 0.3) is 5.56 Å². The van der Waals surface area contributed by atoms with Gasteiger partial charge in [-0.05, 0) is 35.9 Å². The van der Waals surface area contributed by atoms with E-state index in [1.165, 1.54) is 25.3 Å². The lowest BCUT2D eigenvalue weighted by Crippen LogP contribution is -2.26. The average Bonchev–Trinajstić information content (AvgIpc) is 2.66. The van der Waals surface area contributed by atoms with Crippen molar-refractivity contribution in [2.45, 2.75) is 6.73 Å². The molecule has 7 nitrogen and oxygen atoms in total. The highest BCUT2D eigenvalue weighted by molar-refractivity contribution is 5.87. The number of methoxy groups -OCH3 is 1. The van der Waals surface area contributed by atoms with E-state index in [0.717, 1.165) is 10.8 Å². The second kappa shape index (κ2) is 7.56. The fourth-order valence-electron chi connectivity index (χ4n) is 2.23. The summed E-state index contributed by atoms with van der Waals surface area (Å²) >= 11 is 0. The summed E-state index contributed by atoms with van der Waals surface area (Å²) in [5.74, 6) is -1.14. The second-order valence-corrected chi connectivity index (χ2v) is 5.23. The van der Waals surface area contributed by atoms with Crippen LogP contribution in [-0.2, 0) is 16.3 Å².